The molecule has 0 aliphatic heterocycles. The van der Waals surface area contributed by atoms with Crippen molar-refractivity contribution in [2.75, 3.05) is 0 Å². The summed E-state index contributed by atoms with van der Waals surface area (Å²) in [5.41, 5.74) is 14.3. The van der Waals surface area contributed by atoms with Gasteiger partial charge in [-0.2, -0.15) is 18.2 Å². The number of carbonyl (C=O) groups is 2. The molecular formula is C13H13ClF3N5O4. The fraction of sp³-hybridized carbons (Fsp3) is 0.0769. The van der Waals surface area contributed by atoms with Crippen LogP contribution in [-0.4, -0.2) is 34.1 Å². The van der Waals surface area contributed by atoms with Gasteiger partial charge >= 0.3 is 18.1 Å². The molecule has 142 valence electrons. The van der Waals surface area contributed by atoms with Crippen molar-refractivity contribution in [3.05, 3.63) is 40.9 Å². The van der Waals surface area contributed by atoms with E-state index in [0.717, 1.165) is 18.2 Å². The smallest absolute Gasteiger partial charge is 0.416 e. The van der Waals surface area contributed by atoms with Gasteiger partial charge in [-0.1, -0.05) is 11.6 Å². The van der Waals surface area contributed by atoms with Crippen LogP contribution in [-0.2, 0) is 15.8 Å². The van der Waals surface area contributed by atoms with Gasteiger partial charge in [-0.05, 0) is 18.2 Å². The van der Waals surface area contributed by atoms with E-state index in [1.807, 2.05) is 0 Å². The third-order valence-corrected chi connectivity index (χ3v) is 2.44. The molecule has 9 nitrogen and oxygen atoms in total. The quantitative estimate of drug-likeness (QED) is 0.290. The third kappa shape index (κ3) is 9.77. The maximum atomic E-state index is 12.5. The number of carboxylic acid groups (broad SMARTS) is 2. The molecule has 0 heterocycles. The molecule has 0 amide bonds. The maximum Gasteiger partial charge on any atom is 0.416 e. The second kappa shape index (κ2) is 9.88. The molecule has 0 atom stereocenters. The minimum atomic E-state index is -4.50. The number of nitrogens with zero attached hydrogens (tertiary/aromatic N) is 2. The summed E-state index contributed by atoms with van der Waals surface area (Å²) >= 11 is 5.69. The van der Waals surface area contributed by atoms with E-state index in [4.69, 9.17) is 39.0 Å². The van der Waals surface area contributed by atoms with Crippen molar-refractivity contribution in [2.24, 2.45) is 27.2 Å². The molecular weight excluding hydrogens is 383 g/mol. The van der Waals surface area contributed by atoms with Gasteiger partial charge in [0.25, 0.3) is 0 Å². The van der Waals surface area contributed by atoms with E-state index < -0.39 is 29.6 Å². The molecule has 0 saturated heterocycles. The predicted molar refractivity (Wildman–Crippen MR) is 88.0 cm³/mol. The first kappa shape index (κ1) is 22.7. The fourth-order valence-corrected chi connectivity index (χ4v) is 1.36. The van der Waals surface area contributed by atoms with Gasteiger partial charge in [0.05, 0.1) is 16.3 Å². The van der Waals surface area contributed by atoms with Crippen LogP contribution in [0.15, 0.2) is 40.3 Å². The molecule has 0 aliphatic carbocycles. The summed E-state index contributed by atoms with van der Waals surface area (Å²) in [6.45, 7) is 0. The Kier molecular flexibility index (Phi) is 8.63. The van der Waals surface area contributed by atoms with Crippen LogP contribution in [0.2, 0.25) is 5.02 Å². The lowest BCUT2D eigenvalue weighted by Gasteiger charge is -2.08. The Bertz CT molecular complexity index is 743. The number of hydrogen-bond donors (Lipinski definition) is 5. The Hall–Kier alpha value is -3.28. The largest absolute Gasteiger partial charge is 0.478 e. The van der Waals surface area contributed by atoms with Crippen molar-refractivity contribution in [2.45, 2.75) is 6.18 Å². The Morgan fingerprint density at radius 1 is 1.08 bits per heavy atom. The summed E-state index contributed by atoms with van der Waals surface area (Å²) in [5.74, 6) is -3.27. The molecule has 1 aromatic rings. The summed E-state index contributed by atoms with van der Waals surface area (Å²) in [7, 11) is 0. The number of rotatable bonds is 3. The zero-order chi connectivity index (χ0) is 20.5. The van der Waals surface area contributed by atoms with Crippen LogP contribution in [0.5, 0.6) is 0 Å². The van der Waals surface area contributed by atoms with Crippen molar-refractivity contribution in [1.82, 2.24) is 0 Å². The summed E-state index contributed by atoms with van der Waals surface area (Å²) in [4.78, 5) is 26.1. The first-order valence-corrected chi connectivity index (χ1v) is 6.65. The number of guanidine groups is 2. The van der Waals surface area contributed by atoms with Crippen LogP contribution in [0.3, 0.4) is 0 Å². The molecule has 13 heteroatoms. The number of carboxylic acids is 2. The second-order valence-corrected chi connectivity index (χ2v) is 4.59. The van der Waals surface area contributed by atoms with E-state index in [-0.39, 0.29) is 16.7 Å². The van der Waals surface area contributed by atoms with Crippen molar-refractivity contribution in [3.63, 3.8) is 0 Å². The van der Waals surface area contributed by atoms with Gasteiger partial charge in [-0.25, -0.2) is 14.6 Å². The Morgan fingerprint density at radius 2 is 1.58 bits per heavy atom. The molecule has 0 spiro atoms. The Labute approximate surface area is 149 Å². The zero-order valence-corrected chi connectivity index (χ0v) is 13.5. The molecule has 0 fully saturated rings. The van der Waals surface area contributed by atoms with E-state index >= 15 is 0 Å². The first-order valence-electron chi connectivity index (χ1n) is 6.27. The van der Waals surface area contributed by atoms with E-state index in [0.29, 0.717) is 12.2 Å². The van der Waals surface area contributed by atoms with E-state index in [1.54, 1.807) is 0 Å². The topological polar surface area (TPSA) is 177 Å². The molecule has 1 rings (SSSR count). The van der Waals surface area contributed by atoms with Crippen molar-refractivity contribution >= 4 is 41.1 Å². The SMILES string of the molecule is NC(N)=NC(N)=Nc1cc(C(F)(F)F)ccc1Cl.O=C(O)/C=C\C(=O)O. The lowest BCUT2D eigenvalue weighted by molar-refractivity contribution is -0.137. The zero-order valence-electron chi connectivity index (χ0n) is 12.7. The van der Waals surface area contributed by atoms with Gasteiger partial charge in [0.2, 0.25) is 5.96 Å². The van der Waals surface area contributed by atoms with Crippen molar-refractivity contribution in [1.29, 1.82) is 0 Å². The van der Waals surface area contributed by atoms with Crippen molar-refractivity contribution in [3.8, 4) is 0 Å². The van der Waals surface area contributed by atoms with Gasteiger partial charge in [0.1, 0.15) is 0 Å². The summed E-state index contributed by atoms with van der Waals surface area (Å²) in [6, 6.07) is 2.64. The molecule has 0 bridgehead atoms. The molecule has 26 heavy (non-hydrogen) atoms. The number of halogens is 4. The van der Waals surface area contributed by atoms with Gasteiger partial charge in [-0.3, -0.25) is 0 Å². The highest BCUT2D eigenvalue weighted by atomic mass is 35.5. The molecule has 0 aliphatic rings. The summed E-state index contributed by atoms with van der Waals surface area (Å²) < 4.78 is 37.4. The summed E-state index contributed by atoms with van der Waals surface area (Å²) in [5, 5.41) is 15.6. The molecule has 0 unspecified atom stereocenters. The molecule has 1 aromatic carbocycles. The lowest BCUT2D eigenvalue weighted by Crippen LogP contribution is -2.26. The number of aliphatic imine (C=N–C) groups is 2. The van der Waals surface area contributed by atoms with Gasteiger partial charge in [-0.15, -0.1) is 0 Å². The normalized spacial score (nSPS) is 11.5. The van der Waals surface area contributed by atoms with Crippen LogP contribution in [0.4, 0.5) is 18.9 Å². The molecule has 0 radical (unpaired) electrons. The monoisotopic (exact) mass is 395 g/mol. The number of benzene rings is 1. The minimum absolute atomic E-state index is 0.00302. The van der Waals surface area contributed by atoms with Gasteiger partial charge in [0.15, 0.2) is 5.96 Å². The predicted octanol–water partition coefficient (Wildman–Crippen LogP) is 1.29. The average molecular weight is 396 g/mol. The molecule has 0 saturated carbocycles. The second-order valence-electron chi connectivity index (χ2n) is 4.18. The highest BCUT2D eigenvalue weighted by Gasteiger charge is 2.30. The van der Waals surface area contributed by atoms with E-state index in [9.17, 15) is 22.8 Å². The number of hydrogen-bond acceptors (Lipinski definition) is 3. The fourth-order valence-electron chi connectivity index (χ4n) is 1.20. The third-order valence-electron chi connectivity index (χ3n) is 2.12. The minimum Gasteiger partial charge on any atom is -0.478 e. The highest BCUT2D eigenvalue weighted by molar-refractivity contribution is 6.33. The average Bonchev–Trinajstić information content (AvgIpc) is 2.46. The first-order chi connectivity index (χ1) is 11.8. The van der Waals surface area contributed by atoms with E-state index in [2.05, 4.69) is 9.98 Å². The highest BCUT2D eigenvalue weighted by Crippen LogP contribution is 2.34. The van der Waals surface area contributed by atoms with Gasteiger partial charge < -0.3 is 27.4 Å². The standard InChI is InChI=1S/C9H9ClF3N5.C4H4O4/c10-5-2-1-4(9(11,12)13)3-6(5)17-8(16)18-7(14)15;5-3(6)1-2-4(7)8/h1-3H,(H6,14,15,16,17,18);1-2H,(H,5,6)(H,7,8)/b;2-1-. The van der Waals surface area contributed by atoms with Crippen LogP contribution >= 0.6 is 11.6 Å². The van der Waals surface area contributed by atoms with Crippen LogP contribution < -0.4 is 17.2 Å². The number of aliphatic carboxylic acids is 2. The summed E-state index contributed by atoms with van der Waals surface area (Å²) in [6.07, 6.45) is -3.38. The number of alkyl halides is 3. The van der Waals surface area contributed by atoms with Crippen LogP contribution in [0, 0.1) is 0 Å². The Morgan fingerprint density at radius 3 is 1.96 bits per heavy atom. The van der Waals surface area contributed by atoms with Crippen molar-refractivity contribution < 1.29 is 33.0 Å². The maximum absolute atomic E-state index is 12.5. The number of nitrogens with two attached hydrogens (primary N) is 3. The van der Waals surface area contributed by atoms with E-state index in [1.165, 1.54) is 0 Å². The molecule has 8 N–H and O–H groups in total. The van der Waals surface area contributed by atoms with Crippen LogP contribution in [0.25, 0.3) is 0 Å². The Balaban J connectivity index is 0.000000660. The lowest BCUT2D eigenvalue weighted by atomic mass is 10.2. The molecule has 0 aromatic heterocycles. The van der Waals surface area contributed by atoms with Gasteiger partial charge in [0, 0.05) is 12.2 Å². The van der Waals surface area contributed by atoms with Crippen LogP contribution in [0.1, 0.15) is 5.56 Å².